The summed E-state index contributed by atoms with van der Waals surface area (Å²) in [6.45, 7) is 4.51. The molecule has 1 fully saturated rings. The third-order valence-corrected chi connectivity index (χ3v) is 4.70. The molecule has 0 heterocycles. The van der Waals surface area contributed by atoms with Crippen molar-refractivity contribution in [2.45, 2.75) is 64.0 Å². The summed E-state index contributed by atoms with van der Waals surface area (Å²) in [4.78, 5) is 2.38. The van der Waals surface area contributed by atoms with E-state index in [9.17, 15) is 5.11 Å². The summed E-state index contributed by atoms with van der Waals surface area (Å²) in [5.74, 6) is 0.643. The number of hydrogen-bond donors (Lipinski definition) is 1. The van der Waals surface area contributed by atoms with E-state index in [0.717, 1.165) is 25.7 Å². The third kappa shape index (κ3) is 3.50. The van der Waals surface area contributed by atoms with E-state index in [2.05, 4.69) is 50.1 Å². The van der Waals surface area contributed by atoms with Crippen LogP contribution in [0.15, 0.2) is 24.3 Å². The lowest BCUT2D eigenvalue weighted by Crippen LogP contribution is -2.36. The molecule has 1 atom stereocenters. The summed E-state index contributed by atoms with van der Waals surface area (Å²) < 4.78 is 0. The van der Waals surface area contributed by atoms with Crippen LogP contribution in [0.1, 0.15) is 57.4 Å². The highest BCUT2D eigenvalue weighted by Gasteiger charge is 2.22. The first kappa shape index (κ1) is 14.4. The molecule has 0 aromatic heterocycles. The minimum Gasteiger partial charge on any atom is -0.393 e. The maximum atomic E-state index is 9.59. The number of hydrogen-bond acceptors (Lipinski definition) is 2. The van der Waals surface area contributed by atoms with E-state index in [4.69, 9.17) is 0 Å². The van der Waals surface area contributed by atoms with Crippen LogP contribution in [0.4, 0.5) is 5.69 Å². The summed E-state index contributed by atoms with van der Waals surface area (Å²) in [7, 11) is 2.18. The Morgan fingerprint density at radius 2 is 1.74 bits per heavy atom. The van der Waals surface area contributed by atoms with Crippen LogP contribution < -0.4 is 4.90 Å². The maximum Gasteiger partial charge on any atom is 0.0541 e. The van der Waals surface area contributed by atoms with Gasteiger partial charge in [-0.05, 0) is 55.7 Å². The average Bonchev–Trinajstić information content (AvgIpc) is 2.46. The Hall–Kier alpha value is -1.02. The lowest BCUT2D eigenvalue weighted by molar-refractivity contribution is 0.122. The normalized spacial score (nSPS) is 25.1. The summed E-state index contributed by atoms with van der Waals surface area (Å²) in [5, 5.41) is 9.59. The zero-order valence-corrected chi connectivity index (χ0v) is 12.5. The highest BCUT2D eigenvalue weighted by molar-refractivity contribution is 5.48. The number of aliphatic hydroxyl groups is 1. The molecule has 0 aliphatic heterocycles. The van der Waals surface area contributed by atoms with Crippen LogP contribution >= 0.6 is 0 Å². The molecule has 0 saturated heterocycles. The van der Waals surface area contributed by atoms with Gasteiger partial charge in [0, 0.05) is 18.8 Å². The van der Waals surface area contributed by atoms with Gasteiger partial charge in [0.25, 0.3) is 0 Å². The topological polar surface area (TPSA) is 23.5 Å². The fourth-order valence-corrected chi connectivity index (χ4v) is 2.93. The van der Waals surface area contributed by atoms with Crippen molar-refractivity contribution < 1.29 is 5.11 Å². The van der Waals surface area contributed by atoms with Crippen molar-refractivity contribution >= 4 is 5.69 Å². The highest BCUT2D eigenvalue weighted by Crippen LogP contribution is 2.28. The van der Waals surface area contributed by atoms with Gasteiger partial charge >= 0.3 is 0 Å². The van der Waals surface area contributed by atoms with Crippen LogP contribution in [0.2, 0.25) is 0 Å². The summed E-state index contributed by atoms with van der Waals surface area (Å²) in [5.41, 5.74) is 2.73. The molecular weight excluding hydrogens is 234 g/mol. The molecule has 2 nitrogen and oxygen atoms in total. The van der Waals surface area contributed by atoms with Gasteiger partial charge in [-0.3, -0.25) is 0 Å². The molecule has 0 bridgehead atoms. The zero-order chi connectivity index (χ0) is 13.8. The van der Waals surface area contributed by atoms with E-state index < -0.39 is 0 Å². The first-order chi connectivity index (χ1) is 9.11. The number of nitrogens with zero attached hydrogens (tertiary/aromatic N) is 1. The fraction of sp³-hybridized carbons (Fsp3) is 0.647. The van der Waals surface area contributed by atoms with Crippen molar-refractivity contribution in [1.82, 2.24) is 0 Å². The standard InChI is InChI=1S/C17H27NO/c1-4-13(2)14-5-7-15(8-6-14)18(3)16-9-11-17(19)12-10-16/h5-8,13,16-17,19H,4,9-12H2,1-3H3. The summed E-state index contributed by atoms with van der Waals surface area (Å²) >= 11 is 0. The Morgan fingerprint density at radius 1 is 1.16 bits per heavy atom. The van der Waals surface area contributed by atoms with Crippen molar-refractivity contribution in [1.29, 1.82) is 0 Å². The third-order valence-electron chi connectivity index (χ3n) is 4.70. The Kier molecular flexibility index (Phi) is 4.87. The van der Waals surface area contributed by atoms with Gasteiger partial charge in [0.2, 0.25) is 0 Å². The molecule has 1 saturated carbocycles. The quantitative estimate of drug-likeness (QED) is 0.887. The maximum absolute atomic E-state index is 9.59. The Labute approximate surface area is 117 Å². The lowest BCUT2D eigenvalue weighted by Gasteiger charge is -2.34. The van der Waals surface area contributed by atoms with Gasteiger partial charge in [0.05, 0.1) is 6.10 Å². The number of rotatable bonds is 4. The minimum absolute atomic E-state index is 0.0718. The molecule has 0 radical (unpaired) electrons. The van der Waals surface area contributed by atoms with Crippen LogP contribution in [-0.2, 0) is 0 Å². The van der Waals surface area contributed by atoms with Gasteiger partial charge in [0.1, 0.15) is 0 Å². The van der Waals surface area contributed by atoms with Gasteiger partial charge in [-0.2, -0.15) is 0 Å². The van der Waals surface area contributed by atoms with Crippen LogP contribution in [0.3, 0.4) is 0 Å². The summed E-state index contributed by atoms with van der Waals surface area (Å²) in [6, 6.07) is 9.59. The second-order valence-electron chi connectivity index (χ2n) is 5.97. The van der Waals surface area contributed by atoms with Crippen LogP contribution in [-0.4, -0.2) is 24.3 Å². The second kappa shape index (κ2) is 6.42. The molecule has 1 aliphatic carbocycles. The molecule has 19 heavy (non-hydrogen) atoms. The number of aliphatic hydroxyl groups excluding tert-OH is 1. The van der Waals surface area contributed by atoms with Gasteiger partial charge < -0.3 is 10.0 Å². The predicted molar refractivity (Wildman–Crippen MR) is 81.8 cm³/mol. The molecule has 0 spiro atoms. The molecule has 1 N–H and O–H groups in total. The van der Waals surface area contributed by atoms with E-state index in [1.165, 1.54) is 17.7 Å². The molecule has 106 valence electrons. The Morgan fingerprint density at radius 3 is 2.26 bits per heavy atom. The highest BCUT2D eigenvalue weighted by atomic mass is 16.3. The molecule has 2 rings (SSSR count). The summed E-state index contributed by atoms with van der Waals surface area (Å²) in [6.07, 6.45) is 5.21. The van der Waals surface area contributed by atoms with E-state index in [1.807, 2.05) is 0 Å². The smallest absolute Gasteiger partial charge is 0.0541 e. The van der Waals surface area contributed by atoms with Gasteiger partial charge in [-0.25, -0.2) is 0 Å². The molecule has 2 heteroatoms. The van der Waals surface area contributed by atoms with E-state index in [-0.39, 0.29) is 6.10 Å². The molecule has 1 aromatic carbocycles. The zero-order valence-electron chi connectivity index (χ0n) is 12.5. The van der Waals surface area contributed by atoms with Crippen molar-refractivity contribution in [3.8, 4) is 0 Å². The molecule has 1 aromatic rings. The first-order valence-corrected chi connectivity index (χ1v) is 7.62. The average molecular weight is 261 g/mol. The van der Waals surface area contributed by atoms with Crippen LogP contribution in [0.25, 0.3) is 0 Å². The fourth-order valence-electron chi connectivity index (χ4n) is 2.93. The monoisotopic (exact) mass is 261 g/mol. The van der Waals surface area contributed by atoms with Gasteiger partial charge in [-0.15, -0.1) is 0 Å². The largest absolute Gasteiger partial charge is 0.393 e. The number of benzene rings is 1. The second-order valence-corrected chi connectivity index (χ2v) is 5.97. The Bertz CT molecular complexity index is 379. The molecular formula is C17H27NO. The van der Waals surface area contributed by atoms with Gasteiger partial charge in [0.15, 0.2) is 0 Å². The van der Waals surface area contributed by atoms with Crippen LogP contribution in [0, 0.1) is 0 Å². The van der Waals surface area contributed by atoms with E-state index in [1.54, 1.807) is 0 Å². The number of anilines is 1. The Balaban J connectivity index is 2.01. The lowest BCUT2D eigenvalue weighted by atomic mass is 9.91. The predicted octanol–water partition coefficient (Wildman–Crippen LogP) is 3.94. The van der Waals surface area contributed by atoms with Crippen molar-refractivity contribution in [2.75, 3.05) is 11.9 Å². The van der Waals surface area contributed by atoms with Crippen LogP contribution in [0.5, 0.6) is 0 Å². The van der Waals surface area contributed by atoms with E-state index in [0.29, 0.717) is 12.0 Å². The minimum atomic E-state index is -0.0718. The van der Waals surface area contributed by atoms with Gasteiger partial charge in [-0.1, -0.05) is 26.0 Å². The molecule has 1 unspecified atom stereocenters. The van der Waals surface area contributed by atoms with Crippen molar-refractivity contribution in [3.63, 3.8) is 0 Å². The molecule has 1 aliphatic rings. The first-order valence-electron chi connectivity index (χ1n) is 7.62. The van der Waals surface area contributed by atoms with E-state index >= 15 is 0 Å². The van der Waals surface area contributed by atoms with Crippen molar-refractivity contribution in [2.24, 2.45) is 0 Å². The SMILES string of the molecule is CCC(C)c1ccc(N(C)C2CCC(O)CC2)cc1. The molecule has 0 amide bonds. The van der Waals surface area contributed by atoms with Crippen molar-refractivity contribution in [3.05, 3.63) is 29.8 Å².